The molecule has 1 saturated carbocycles. The van der Waals surface area contributed by atoms with Gasteiger partial charge in [0.05, 0.1) is 24.5 Å². The summed E-state index contributed by atoms with van der Waals surface area (Å²) in [5.41, 5.74) is 5.07. The van der Waals surface area contributed by atoms with Crippen molar-refractivity contribution >= 4 is 17.9 Å². The Hall–Kier alpha value is -2.40. The molecule has 188 valence electrons. The van der Waals surface area contributed by atoms with Crippen LogP contribution in [0.1, 0.15) is 83.6 Å². The summed E-state index contributed by atoms with van der Waals surface area (Å²) in [6.07, 6.45) is 12.2. The molecule has 4 atom stereocenters. The van der Waals surface area contributed by atoms with E-state index >= 15 is 0 Å². The summed E-state index contributed by atoms with van der Waals surface area (Å²) in [4.78, 5) is 28.8. The number of rotatable bonds is 7. The number of amides is 2. The van der Waals surface area contributed by atoms with Crippen molar-refractivity contribution in [3.05, 3.63) is 46.5 Å². The number of nitrogens with zero attached hydrogens (tertiary/aromatic N) is 1. The maximum atomic E-state index is 13.7. The third kappa shape index (κ3) is 4.72. The Kier molecular flexibility index (Phi) is 7.15. The van der Waals surface area contributed by atoms with Gasteiger partial charge in [-0.15, -0.1) is 0 Å². The van der Waals surface area contributed by atoms with Crippen molar-refractivity contribution in [2.24, 2.45) is 17.8 Å². The van der Waals surface area contributed by atoms with Crippen LogP contribution in [0.15, 0.2) is 41.0 Å². The number of hydrogen-bond acceptors (Lipinski definition) is 4. The van der Waals surface area contributed by atoms with Crippen molar-refractivity contribution in [2.75, 3.05) is 6.61 Å². The molecule has 0 spiro atoms. The number of carbonyl (C=O) groups is 2. The summed E-state index contributed by atoms with van der Waals surface area (Å²) >= 11 is 0. The van der Waals surface area contributed by atoms with Crippen LogP contribution in [-0.4, -0.2) is 40.6 Å². The standard InChI is InChI=1S/C30H39NO4/c1-3-7-21-17-24-28(30(34)31(29(24)33)22-8-5-4-6-9-22)25-18-35-26(27(21)25)15-10-19(2)16-20-11-13-23(32)14-12-20/h11-14,16,22,24-26,28,32H,3-10,15,17-18H2,1-2H3/b19-16+/t24-,25+,26-,28-/m1/s1. The van der Waals surface area contributed by atoms with E-state index in [1.165, 1.54) is 23.1 Å². The van der Waals surface area contributed by atoms with Gasteiger partial charge in [-0.05, 0) is 68.7 Å². The van der Waals surface area contributed by atoms with Crippen LogP contribution in [0.25, 0.3) is 6.08 Å². The minimum atomic E-state index is -0.223. The molecule has 3 fully saturated rings. The average Bonchev–Trinajstić information content (AvgIpc) is 3.39. The van der Waals surface area contributed by atoms with Gasteiger partial charge in [0.2, 0.25) is 11.8 Å². The van der Waals surface area contributed by atoms with Gasteiger partial charge in [0.15, 0.2) is 0 Å². The first-order valence-electron chi connectivity index (χ1n) is 13.6. The van der Waals surface area contributed by atoms with Gasteiger partial charge in [0, 0.05) is 12.0 Å². The molecule has 0 bridgehead atoms. The number of carbonyl (C=O) groups excluding carboxylic acids is 2. The monoisotopic (exact) mass is 477 g/mol. The lowest BCUT2D eigenvalue weighted by molar-refractivity contribution is -0.143. The number of hydrogen-bond donors (Lipinski definition) is 1. The second-order valence-electron chi connectivity index (χ2n) is 11.0. The highest BCUT2D eigenvalue weighted by Gasteiger charge is 2.57. The number of imide groups is 1. The van der Waals surface area contributed by atoms with Crippen LogP contribution in [0, 0.1) is 17.8 Å². The first kappa shape index (κ1) is 24.3. The lowest BCUT2D eigenvalue weighted by Gasteiger charge is -2.32. The highest BCUT2D eigenvalue weighted by atomic mass is 16.5. The molecule has 2 saturated heterocycles. The van der Waals surface area contributed by atoms with E-state index in [0.29, 0.717) is 6.61 Å². The topological polar surface area (TPSA) is 66.8 Å². The zero-order chi connectivity index (χ0) is 24.5. The minimum Gasteiger partial charge on any atom is -0.508 e. The van der Waals surface area contributed by atoms with Crippen LogP contribution in [0.3, 0.4) is 0 Å². The van der Waals surface area contributed by atoms with Crippen molar-refractivity contribution in [1.82, 2.24) is 4.90 Å². The molecule has 0 aromatic heterocycles. The maximum Gasteiger partial charge on any atom is 0.234 e. The molecule has 2 aliphatic heterocycles. The van der Waals surface area contributed by atoms with E-state index in [1.807, 2.05) is 12.1 Å². The Morgan fingerprint density at radius 2 is 1.83 bits per heavy atom. The number of phenols is 1. The van der Waals surface area contributed by atoms with Crippen molar-refractivity contribution < 1.29 is 19.4 Å². The second-order valence-corrected chi connectivity index (χ2v) is 11.0. The summed E-state index contributed by atoms with van der Waals surface area (Å²) < 4.78 is 6.37. The molecule has 35 heavy (non-hydrogen) atoms. The first-order chi connectivity index (χ1) is 17.0. The SMILES string of the molecule is CCCC1=C2[C@@H](CC/C(C)=C/c3ccc(O)cc3)OC[C@@H]2[C@@H]2C(=O)N(C3CCCCC3)C(=O)[C@@H]2C1. The van der Waals surface area contributed by atoms with Crippen molar-refractivity contribution in [2.45, 2.75) is 90.2 Å². The Bertz CT molecular complexity index is 1020. The predicted octanol–water partition coefficient (Wildman–Crippen LogP) is 6.03. The van der Waals surface area contributed by atoms with E-state index in [0.717, 1.165) is 63.4 Å². The van der Waals surface area contributed by atoms with Gasteiger partial charge < -0.3 is 9.84 Å². The number of allylic oxidation sites excluding steroid dienone is 2. The lowest BCUT2D eigenvalue weighted by atomic mass is 9.68. The molecule has 1 N–H and O–H groups in total. The van der Waals surface area contributed by atoms with Gasteiger partial charge in [-0.3, -0.25) is 14.5 Å². The zero-order valence-corrected chi connectivity index (χ0v) is 21.2. The van der Waals surface area contributed by atoms with Crippen molar-refractivity contribution in [3.63, 3.8) is 0 Å². The maximum absolute atomic E-state index is 13.7. The first-order valence-corrected chi connectivity index (χ1v) is 13.6. The van der Waals surface area contributed by atoms with Crippen molar-refractivity contribution in [1.29, 1.82) is 0 Å². The molecular weight excluding hydrogens is 438 g/mol. The third-order valence-corrected chi connectivity index (χ3v) is 8.64. The van der Waals surface area contributed by atoms with Gasteiger partial charge in [0.25, 0.3) is 0 Å². The minimum absolute atomic E-state index is 0.0392. The fourth-order valence-electron chi connectivity index (χ4n) is 7.02. The molecule has 0 radical (unpaired) electrons. The van der Waals surface area contributed by atoms with Crippen LogP contribution < -0.4 is 0 Å². The summed E-state index contributed by atoms with van der Waals surface area (Å²) in [5.74, 6) is 0.107. The largest absolute Gasteiger partial charge is 0.508 e. The summed E-state index contributed by atoms with van der Waals surface area (Å²) in [6, 6.07) is 7.37. The smallest absolute Gasteiger partial charge is 0.234 e. The quantitative estimate of drug-likeness (QED) is 0.385. The number of phenolic OH excluding ortho intramolecular Hbond substituents is 1. The van der Waals surface area contributed by atoms with Gasteiger partial charge >= 0.3 is 0 Å². The molecule has 5 rings (SSSR count). The zero-order valence-electron chi connectivity index (χ0n) is 21.2. The van der Waals surface area contributed by atoms with E-state index in [-0.39, 0.29) is 47.5 Å². The summed E-state index contributed by atoms with van der Waals surface area (Å²) in [6.45, 7) is 4.89. The molecule has 2 amide bonds. The van der Waals surface area contributed by atoms with Gasteiger partial charge in [-0.1, -0.05) is 62.0 Å². The highest BCUT2D eigenvalue weighted by molar-refractivity contribution is 6.06. The van der Waals surface area contributed by atoms with E-state index in [9.17, 15) is 14.7 Å². The van der Waals surface area contributed by atoms with Crippen molar-refractivity contribution in [3.8, 4) is 5.75 Å². The number of benzene rings is 1. The Balaban J connectivity index is 1.33. The molecule has 1 aromatic rings. The number of aromatic hydroxyl groups is 1. The fourth-order valence-corrected chi connectivity index (χ4v) is 7.02. The summed E-state index contributed by atoms with van der Waals surface area (Å²) in [5, 5.41) is 9.52. The Morgan fingerprint density at radius 3 is 2.54 bits per heavy atom. The van der Waals surface area contributed by atoms with Crippen LogP contribution in [0.4, 0.5) is 0 Å². The molecule has 5 heteroatoms. The molecule has 5 nitrogen and oxygen atoms in total. The van der Waals surface area contributed by atoms with Crippen LogP contribution in [-0.2, 0) is 14.3 Å². The molecule has 0 unspecified atom stereocenters. The van der Waals surface area contributed by atoms with E-state index in [2.05, 4.69) is 19.9 Å². The van der Waals surface area contributed by atoms with Crippen LogP contribution in [0.5, 0.6) is 5.75 Å². The van der Waals surface area contributed by atoms with Crippen LogP contribution in [0.2, 0.25) is 0 Å². The van der Waals surface area contributed by atoms with Gasteiger partial charge in [-0.2, -0.15) is 0 Å². The molecule has 4 aliphatic rings. The average molecular weight is 478 g/mol. The van der Waals surface area contributed by atoms with Gasteiger partial charge in [-0.25, -0.2) is 0 Å². The molecule has 1 aromatic carbocycles. The van der Waals surface area contributed by atoms with Crippen LogP contribution >= 0.6 is 0 Å². The van der Waals surface area contributed by atoms with E-state index in [1.54, 1.807) is 17.0 Å². The number of ether oxygens (including phenoxy) is 1. The van der Waals surface area contributed by atoms with E-state index in [4.69, 9.17) is 4.74 Å². The predicted molar refractivity (Wildman–Crippen MR) is 136 cm³/mol. The normalized spacial score (nSPS) is 29.7. The molecular formula is C30H39NO4. The second kappa shape index (κ2) is 10.3. The highest BCUT2D eigenvalue weighted by Crippen LogP contribution is 2.51. The lowest BCUT2D eigenvalue weighted by Crippen LogP contribution is -2.42. The number of fused-ring (bicyclic) bond motifs is 3. The molecule has 2 heterocycles. The van der Waals surface area contributed by atoms with Gasteiger partial charge in [0.1, 0.15) is 5.75 Å². The number of likely N-dealkylation sites (tertiary alicyclic amines) is 1. The summed E-state index contributed by atoms with van der Waals surface area (Å²) in [7, 11) is 0. The molecule has 2 aliphatic carbocycles. The fraction of sp³-hybridized carbons (Fsp3) is 0.600. The third-order valence-electron chi connectivity index (χ3n) is 8.64. The Labute approximate surface area is 209 Å². The Morgan fingerprint density at radius 1 is 1.09 bits per heavy atom. The van der Waals surface area contributed by atoms with E-state index < -0.39 is 0 Å².